The highest BCUT2D eigenvalue weighted by molar-refractivity contribution is 6.04. The Kier molecular flexibility index (Phi) is 9.01. The molecule has 0 bridgehead atoms. The number of hydrogen-bond acceptors (Lipinski definition) is 6. The average Bonchev–Trinajstić information content (AvgIpc) is 3.65. The van der Waals surface area contributed by atoms with Crippen molar-refractivity contribution in [3.05, 3.63) is 83.4 Å². The molecule has 1 heterocycles. The summed E-state index contributed by atoms with van der Waals surface area (Å²) < 4.78 is 7.56. The minimum Gasteiger partial charge on any atom is -0.489 e. The minimum atomic E-state index is -0.470. The van der Waals surface area contributed by atoms with Crippen LogP contribution >= 0.6 is 0 Å². The van der Waals surface area contributed by atoms with Crippen molar-refractivity contribution in [3.8, 4) is 11.8 Å². The van der Waals surface area contributed by atoms with Gasteiger partial charge in [-0.1, -0.05) is 25.0 Å². The van der Waals surface area contributed by atoms with Gasteiger partial charge in [-0.25, -0.2) is 4.98 Å². The van der Waals surface area contributed by atoms with Gasteiger partial charge < -0.3 is 19.9 Å². The van der Waals surface area contributed by atoms with E-state index in [9.17, 15) is 14.4 Å². The number of benzene rings is 3. The van der Waals surface area contributed by atoms with Gasteiger partial charge in [0.2, 0.25) is 17.8 Å². The lowest BCUT2D eigenvalue weighted by atomic mass is 10.0. The zero-order valence-electron chi connectivity index (χ0n) is 24.1. The molecule has 1 fully saturated rings. The second-order valence-corrected chi connectivity index (χ2v) is 10.9. The predicted octanol–water partition coefficient (Wildman–Crippen LogP) is 5.16. The molecule has 0 atom stereocenters. The Hall–Kier alpha value is -5.17. The summed E-state index contributed by atoms with van der Waals surface area (Å²) in [6.45, 7) is 0.519. The van der Waals surface area contributed by atoms with Crippen LogP contribution in [0.5, 0.6) is 5.75 Å². The molecule has 10 heteroatoms. The number of nitrogens with one attached hydrogen (secondary N) is 1. The van der Waals surface area contributed by atoms with Gasteiger partial charge in [0.05, 0.1) is 22.7 Å². The first kappa shape index (κ1) is 29.3. The van der Waals surface area contributed by atoms with Crippen LogP contribution in [0.25, 0.3) is 11.0 Å². The smallest absolute Gasteiger partial charge is 0.257 e. The second kappa shape index (κ2) is 13.2. The van der Waals surface area contributed by atoms with Gasteiger partial charge in [-0.05, 0) is 78.9 Å². The van der Waals surface area contributed by atoms with E-state index in [1.165, 1.54) is 12.8 Å². The molecule has 1 saturated carbocycles. The third-order valence-electron chi connectivity index (χ3n) is 7.82. The summed E-state index contributed by atoms with van der Waals surface area (Å²) in [6.07, 6.45) is 5.16. The van der Waals surface area contributed by atoms with Crippen molar-refractivity contribution in [2.45, 2.75) is 51.7 Å². The van der Waals surface area contributed by atoms with Gasteiger partial charge in [-0.3, -0.25) is 19.7 Å². The first-order chi connectivity index (χ1) is 20.8. The summed E-state index contributed by atoms with van der Waals surface area (Å²) in [5.74, 6) is 0.505. The van der Waals surface area contributed by atoms with Crippen LogP contribution < -0.4 is 20.7 Å². The van der Waals surface area contributed by atoms with Crippen molar-refractivity contribution in [2.24, 2.45) is 11.7 Å². The van der Waals surface area contributed by atoms with Gasteiger partial charge in [0.1, 0.15) is 12.4 Å². The lowest BCUT2D eigenvalue weighted by Crippen LogP contribution is -2.27. The van der Waals surface area contributed by atoms with E-state index in [1.807, 2.05) is 24.3 Å². The number of carbonyl (C=O) groups is 3. The second-order valence-electron chi connectivity index (χ2n) is 10.9. The average molecular weight is 579 g/mol. The molecule has 1 aliphatic carbocycles. The van der Waals surface area contributed by atoms with Crippen LogP contribution in [-0.2, 0) is 22.7 Å². The molecule has 220 valence electrons. The monoisotopic (exact) mass is 578 g/mol. The molecular formula is C33H34N6O4. The van der Waals surface area contributed by atoms with Crippen molar-refractivity contribution >= 4 is 40.4 Å². The van der Waals surface area contributed by atoms with Crippen molar-refractivity contribution < 1.29 is 19.1 Å². The fourth-order valence-corrected chi connectivity index (χ4v) is 5.39. The highest BCUT2D eigenvalue weighted by Crippen LogP contribution is 2.30. The number of ether oxygens (including phenoxy) is 1. The summed E-state index contributed by atoms with van der Waals surface area (Å²) in [5.41, 5.74) is 9.24. The largest absolute Gasteiger partial charge is 0.489 e. The molecule has 0 aliphatic heterocycles. The molecule has 1 aromatic heterocycles. The van der Waals surface area contributed by atoms with E-state index in [0.29, 0.717) is 45.9 Å². The molecule has 0 radical (unpaired) electrons. The Balaban J connectivity index is 1.30. The molecular weight excluding hydrogens is 544 g/mol. The third-order valence-corrected chi connectivity index (χ3v) is 7.82. The Morgan fingerprint density at radius 3 is 2.58 bits per heavy atom. The summed E-state index contributed by atoms with van der Waals surface area (Å²) in [4.78, 5) is 44.0. The number of rotatable bonds is 11. The van der Waals surface area contributed by atoms with Crippen molar-refractivity contribution in [2.75, 3.05) is 17.3 Å². The maximum Gasteiger partial charge on any atom is 0.257 e. The molecule has 5 rings (SSSR count). The van der Waals surface area contributed by atoms with Crippen LogP contribution in [-0.4, -0.2) is 34.3 Å². The number of nitrogens with two attached hydrogens (primary N) is 1. The SMILES string of the molecule is CN(C(=O)CC1CCCC1)c1ccc2c(c1)nc(NC(=O)c1ccc(OCc3cccc(C#N)c3)cc1)n2CCC(N)=O. The zero-order valence-corrected chi connectivity index (χ0v) is 24.1. The molecule has 3 N–H and O–H groups in total. The number of carbonyl (C=O) groups excluding carboxylic acids is 3. The van der Waals surface area contributed by atoms with Crippen LogP contribution in [0.4, 0.5) is 11.6 Å². The minimum absolute atomic E-state index is 0.0658. The number of aromatic nitrogens is 2. The van der Waals surface area contributed by atoms with Crippen molar-refractivity contribution in [1.82, 2.24) is 9.55 Å². The number of hydrogen-bond donors (Lipinski definition) is 2. The van der Waals surface area contributed by atoms with Crippen LogP contribution in [0.1, 0.15) is 60.0 Å². The van der Waals surface area contributed by atoms with E-state index < -0.39 is 5.91 Å². The number of amides is 3. The van der Waals surface area contributed by atoms with E-state index in [1.54, 1.807) is 59.0 Å². The fourth-order valence-electron chi connectivity index (χ4n) is 5.39. The van der Waals surface area contributed by atoms with E-state index in [0.717, 1.165) is 18.4 Å². The van der Waals surface area contributed by atoms with Crippen LogP contribution in [0.3, 0.4) is 0 Å². The first-order valence-corrected chi connectivity index (χ1v) is 14.4. The molecule has 3 amide bonds. The highest BCUT2D eigenvalue weighted by Gasteiger charge is 2.22. The molecule has 0 spiro atoms. The van der Waals surface area contributed by atoms with Crippen molar-refractivity contribution in [1.29, 1.82) is 5.26 Å². The van der Waals surface area contributed by atoms with Crippen LogP contribution in [0, 0.1) is 17.2 Å². The normalized spacial score (nSPS) is 13.0. The molecule has 43 heavy (non-hydrogen) atoms. The van der Waals surface area contributed by atoms with Gasteiger partial charge in [-0.15, -0.1) is 0 Å². The summed E-state index contributed by atoms with van der Waals surface area (Å²) in [7, 11) is 1.77. The summed E-state index contributed by atoms with van der Waals surface area (Å²) in [5, 5.41) is 11.9. The number of nitriles is 1. The number of fused-ring (bicyclic) bond motifs is 1. The Labute approximate surface area is 250 Å². The van der Waals surface area contributed by atoms with E-state index in [4.69, 9.17) is 15.7 Å². The Bertz CT molecular complexity index is 1680. The van der Waals surface area contributed by atoms with E-state index in [-0.39, 0.29) is 37.3 Å². The Morgan fingerprint density at radius 1 is 1.09 bits per heavy atom. The van der Waals surface area contributed by atoms with Gasteiger partial charge >= 0.3 is 0 Å². The Morgan fingerprint density at radius 2 is 1.86 bits per heavy atom. The maximum atomic E-state index is 13.2. The van der Waals surface area contributed by atoms with Gasteiger partial charge in [0.15, 0.2) is 0 Å². The molecule has 10 nitrogen and oxygen atoms in total. The van der Waals surface area contributed by atoms with Crippen molar-refractivity contribution in [3.63, 3.8) is 0 Å². The first-order valence-electron chi connectivity index (χ1n) is 14.4. The number of anilines is 2. The highest BCUT2D eigenvalue weighted by atomic mass is 16.5. The van der Waals surface area contributed by atoms with E-state index >= 15 is 0 Å². The van der Waals surface area contributed by atoms with Crippen LogP contribution in [0.2, 0.25) is 0 Å². The van der Waals surface area contributed by atoms with Crippen LogP contribution in [0.15, 0.2) is 66.7 Å². The lowest BCUT2D eigenvalue weighted by Gasteiger charge is -2.19. The molecule has 4 aromatic rings. The zero-order chi connectivity index (χ0) is 30.3. The number of primary amides is 1. The van der Waals surface area contributed by atoms with Gasteiger partial charge in [0, 0.05) is 37.7 Å². The molecule has 0 saturated heterocycles. The summed E-state index contributed by atoms with van der Waals surface area (Å²) in [6, 6.07) is 21.5. The third kappa shape index (κ3) is 7.19. The molecule has 1 aliphatic rings. The number of aryl methyl sites for hydroxylation is 1. The topological polar surface area (TPSA) is 143 Å². The fraction of sp³-hybridized carbons (Fsp3) is 0.303. The van der Waals surface area contributed by atoms with Gasteiger partial charge in [-0.2, -0.15) is 5.26 Å². The standard InChI is InChI=1S/C33H34N6O4/c1-38(31(41)18-22-5-2-3-6-22)26-11-14-29-28(19-26)36-33(39(29)16-15-30(35)40)37-32(42)25-9-12-27(13-10-25)43-21-24-8-4-7-23(17-24)20-34/h4,7-14,17,19,22H,2-3,5-6,15-16,18,21H2,1H3,(H2,35,40)(H,36,37,42). The molecule has 3 aromatic carbocycles. The molecule has 0 unspecified atom stereocenters. The van der Waals surface area contributed by atoms with E-state index in [2.05, 4.69) is 16.4 Å². The number of imidazole rings is 1. The quantitative estimate of drug-likeness (QED) is 0.252. The lowest BCUT2D eigenvalue weighted by molar-refractivity contribution is -0.119. The summed E-state index contributed by atoms with van der Waals surface area (Å²) >= 11 is 0. The number of nitrogens with zero attached hydrogens (tertiary/aromatic N) is 4. The predicted molar refractivity (Wildman–Crippen MR) is 163 cm³/mol. The van der Waals surface area contributed by atoms with Gasteiger partial charge in [0.25, 0.3) is 5.91 Å². The maximum absolute atomic E-state index is 13.2.